The number of carbonyl (C=O) groups is 2. The van der Waals surface area contributed by atoms with Gasteiger partial charge in [-0.15, -0.1) is 0 Å². The highest BCUT2D eigenvalue weighted by atomic mass is 16.5. The van der Waals surface area contributed by atoms with E-state index in [1.54, 1.807) is 12.1 Å². The van der Waals surface area contributed by atoms with Gasteiger partial charge in [-0.3, -0.25) is 4.79 Å². The molecule has 28 heavy (non-hydrogen) atoms. The summed E-state index contributed by atoms with van der Waals surface area (Å²) in [6, 6.07) is 9.10. The van der Waals surface area contributed by atoms with Crippen LogP contribution >= 0.6 is 0 Å². The molecule has 0 bridgehead atoms. The number of aryl methyl sites for hydroxylation is 1. The number of rotatable bonds is 7. The molecule has 0 spiro atoms. The Morgan fingerprint density at radius 2 is 2.00 bits per heavy atom. The summed E-state index contributed by atoms with van der Waals surface area (Å²) in [6.07, 6.45) is 2.99. The Hall–Kier alpha value is -3.09. The number of hydrazone groups is 1. The maximum absolute atomic E-state index is 12.2. The van der Waals surface area contributed by atoms with Crippen LogP contribution in [0.2, 0.25) is 0 Å². The highest BCUT2D eigenvalue weighted by Gasteiger charge is 2.28. The molecular formula is C21H24N2O5. The van der Waals surface area contributed by atoms with E-state index in [1.807, 2.05) is 32.0 Å². The van der Waals surface area contributed by atoms with Gasteiger partial charge in [-0.1, -0.05) is 25.1 Å². The summed E-state index contributed by atoms with van der Waals surface area (Å²) in [6.45, 7) is 3.96. The zero-order chi connectivity index (χ0) is 19.9. The first kappa shape index (κ1) is 19.7. The second kappa shape index (κ2) is 9.21. The van der Waals surface area contributed by atoms with Gasteiger partial charge in [0.25, 0.3) is 5.91 Å². The van der Waals surface area contributed by atoms with Crippen molar-refractivity contribution in [2.75, 3.05) is 13.2 Å². The van der Waals surface area contributed by atoms with Crippen LogP contribution in [0, 0.1) is 6.92 Å². The van der Waals surface area contributed by atoms with Crippen molar-refractivity contribution in [2.45, 2.75) is 39.5 Å². The monoisotopic (exact) mass is 384 g/mol. The molecule has 1 heterocycles. The number of hydrogen-bond acceptors (Lipinski definition) is 6. The number of furan rings is 1. The fourth-order valence-electron chi connectivity index (χ4n) is 3.06. The summed E-state index contributed by atoms with van der Waals surface area (Å²) in [7, 11) is 0. The standard InChI is InChI=1S/C21H24N2O5/c1-3-12-26-21(25)20-14(2)19-16(10-7-11-17(19)28-20)22-23-18(24)13-27-15-8-5-4-6-9-15/h4-6,8-9H,3,7,10-13H2,1-2H3,(H,23,24)/b22-16+. The van der Waals surface area contributed by atoms with Crippen LogP contribution in [0.15, 0.2) is 39.9 Å². The van der Waals surface area contributed by atoms with Gasteiger partial charge in [-0.25, -0.2) is 10.2 Å². The molecule has 2 aromatic rings. The maximum atomic E-state index is 12.2. The van der Waals surface area contributed by atoms with Gasteiger partial charge in [-0.2, -0.15) is 5.10 Å². The molecule has 0 saturated heterocycles. The molecule has 3 rings (SSSR count). The van der Waals surface area contributed by atoms with Crippen LogP contribution in [0.3, 0.4) is 0 Å². The molecule has 0 atom stereocenters. The van der Waals surface area contributed by atoms with Gasteiger partial charge in [0.1, 0.15) is 11.5 Å². The second-order valence-electron chi connectivity index (χ2n) is 6.54. The molecule has 1 N–H and O–H groups in total. The van der Waals surface area contributed by atoms with Crippen molar-refractivity contribution in [3.05, 3.63) is 53.0 Å². The maximum Gasteiger partial charge on any atom is 0.374 e. The molecule has 0 aliphatic heterocycles. The van der Waals surface area contributed by atoms with Crippen LogP contribution < -0.4 is 10.2 Å². The predicted octanol–water partition coefficient (Wildman–Crippen LogP) is 3.39. The van der Waals surface area contributed by atoms with Crippen LogP contribution in [-0.2, 0) is 16.0 Å². The van der Waals surface area contributed by atoms with E-state index >= 15 is 0 Å². The number of fused-ring (bicyclic) bond motifs is 1. The first-order valence-electron chi connectivity index (χ1n) is 9.43. The average molecular weight is 384 g/mol. The molecule has 0 radical (unpaired) electrons. The minimum atomic E-state index is -0.464. The lowest BCUT2D eigenvalue weighted by atomic mass is 9.93. The van der Waals surface area contributed by atoms with Crippen LogP contribution in [0.1, 0.15) is 53.6 Å². The van der Waals surface area contributed by atoms with Gasteiger partial charge < -0.3 is 13.9 Å². The fraction of sp³-hybridized carbons (Fsp3) is 0.381. The smallest absolute Gasteiger partial charge is 0.374 e. The fourth-order valence-corrected chi connectivity index (χ4v) is 3.06. The molecule has 0 unspecified atom stereocenters. The molecule has 148 valence electrons. The summed E-state index contributed by atoms with van der Waals surface area (Å²) in [5.41, 5.74) is 4.72. The number of amides is 1. The lowest BCUT2D eigenvalue weighted by Crippen LogP contribution is -2.27. The Labute approximate surface area is 163 Å². The van der Waals surface area contributed by atoms with E-state index in [-0.39, 0.29) is 18.3 Å². The SMILES string of the molecule is CCCOC(=O)c1oc2c(c1C)/C(=N/NC(=O)COc1ccccc1)CCC2. The molecule has 1 aliphatic carbocycles. The molecule has 0 saturated carbocycles. The normalized spacial score (nSPS) is 14.4. The Kier molecular flexibility index (Phi) is 6.47. The lowest BCUT2D eigenvalue weighted by Gasteiger charge is -2.13. The summed E-state index contributed by atoms with van der Waals surface area (Å²) in [5, 5.41) is 4.26. The highest BCUT2D eigenvalue weighted by Crippen LogP contribution is 2.30. The lowest BCUT2D eigenvalue weighted by molar-refractivity contribution is -0.123. The van der Waals surface area contributed by atoms with Gasteiger partial charge in [-0.05, 0) is 38.3 Å². The van der Waals surface area contributed by atoms with Crippen molar-refractivity contribution in [2.24, 2.45) is 5.10 Å². The topological polar surface area (TPSA) is 90.1 Å². The third-order valence-electron chi connectivity index (χ3n) is 4.38. The first-order valence-corrected chi connectivity index (χ1v) is 9.43. The number of ether oxygens (including phenoxy) is 2. The Balaban J connectivity index is 1.68. The van der Waals surface area contributed by atoms with Crippen molar-refractivity contribution in [1.82, 2.24) is 5.43 Å². The summed E-state index contributed by atoms with van der Waals surface area (Å²) in [4.78, 5) is 24.2. The van der Waals surface area contributed by atoms with Crippen molar-refractivity contribution >= 4 is 17.6 Å². The van der Waals surface area contributed by atoms with Gasteiger partial charge in [0.15, 0.2) is 6.61 Å². The minimum Gasteiger partial charge on any atom is -0.484 e. The number of para-hydroxylation sites is 1. The van der Waals surface area contributed by atoms with Gasteiger partial charge in [0.05, 0.1) is 12.3 Å². The minimum absolute atomic E-state index is 0.132. The Morgan fingerprint density at radius 3 is 2.75 bits per heavy atom. The van der Waals surface area contributed by atoms with Crippen LogP contribution in [-0.4, -0.2) is 30.8 Å². The molecule has 0 fully saturated rings. The quantitative estimate of drug-likeness (QED) is 0.584. The zero-order valence-electron chi connectivity index (χ0n) is 16.1. The molecule has 1 aliphatic rings. The number of esters is 1. The van der Waals surface area contributed by atoms with E-state index in [1.165, 1.54) is 0 Å². The predicted molar refractivity (Wildman–Crippen MR) is 104 cm³/mol. The van der Waals surface area contributed by atoms with E-state index in [0.29, 0.717) is 35.8 Å². The largest absolute Gasteiger partial charge is 0.484 e. The highest BCUT2D eigenvalue weighted by molar-refractivity contribution is 6.06. The number of benzene rings is 1. The number of nitrogens with zero attached hydrogens (tertiary/aromatic N) is 1. The third-order valence-corrected chi connectivity index (χ3v) is 4.38. The average Bonchev–Trinajstić information content (AvgIpc) is 3.07. The third kappa shape index (κ3) is 4.60. The Bertz CT molecular complexity index is 870. The van der Waals surface area contributed by atoms with E-state index in [4.69, 9.17) is 13.9 Å². The summed E-state index contributed by atoms with van der Waals surface area (Å²) in [5.74, 6) is 0.722. The summed E-state index contributed by atoms with van der Waals surface area (Å²) >= 11 is 0. The van der Waals surface area contributed by atoms with Crippen LogP contribution in [0.5, 0.6) is 5.75 Å². The van der Waals surface area contributed by atoms with E-state index in [9.17, 15) is 9.59 Å². The van der Waals surface area contributed by atoms with Crippen LogP contribution in [0.4, 0.5) is 0 Å². The van der Waals surface area contributed by atoms with Gasteiger partial charge >= 0.3 is 5.97 Å². The first-order chi connectivity index (χ1) is 13.6. The van der Waals surface area contributed by atoms with Crippen molar-refractivity contribution in [3.8, 4) is 5.75 Å². The van der Waals surface area contributed by atoms with Gasteiger partial charge in [0.2, 0.25) is 5.76 Å². The van der Waals surface area contributed by atoms with Crippen molar-refractivity contribution in [1.29, 1.82) is 0 Å². The zero-order valence-corrected chi connectivity index (χ0v) is 16.1. The molecule has 1 aromatic carbocycles. The second-order valence-corrected chi connectivity index (χ2v) is 6.54. The molecule has 1 aromatic heterocycles. The number of nitrogens with one attached hydrogen (secondary N) is 1. The molecule has 7 nitrogen and oxygen atoms in total. The molecule has 7 heteroatoms. The molecule has 1 amide bonds. The number of hydrogen-bond donors (Lipinski definition) is 1. The molecular weight excluding hydrogens is 360 g/mol. The summed E-state index contributed by atoms with van der Waals surface area (Å²) < 4.78 is 16.3. The Morgan fingerprint density at radius 1 is 1.21 bits per heavy atom. The van der Waals surface area contributed by atoms with E-state index < -0.39 is 5.97 Å². The van der Waals surface area contributed by atoms with Crippen molar-refractivity contribution < 1.29 is 23.5 Å². The van der Waals surface area contributed by atoms with Crippen molar-refractivity contribution in [3.63, 3.8) is 0 Å². The van der Waals surface area contributed by atoms with E-state index in [2.05, 4.69) is 10.5 Å². The van der Waals surface area contributed by atoms with E-state index in [0.717, 1.165) is 24.8 Å². The van der Waals surface area contributed by atoms with Gasteiger partial charge in [0, 0.05) is 17.5 Å². The van der Waals surface area contributed by atoms with Crippen LogP contribution in [0.25, 0.3) is 0 Å². The number of carbonyl (C=O) groups excluding carboxylic acids is 2.